The van der Waals surface area contributed by atoms with E-state index in [0.717, 1.165) is 24.5 Å². The summed E-state index contributed by atoms with van der Waals surface area (Å²) >= 11 is 2.86. The molecule has 8 nitrogen and oxygen atoms in total. The van der Waals surface area contributed by atoms with E-state index in [2.05, 4.69) is 40.1 Å². The second-order valence-electron chi connectivity index (χ2n) is 10.9. The monoisotopic (exact) mass is 624 g/mol. The largest absolute Gasteiger partial charge is 0.396 e. The van der Waals surface area contributed by atoms with Crippen molar-refractivity contribution in [2.45, 2.75) is 39.8 Å². The van der Waals surface area contributed by atoms with Gasteiger partial charge in [-0.3, -0.25) is 14.3 Å². The number of nitrogens with zero attached hydrogens (tertiary/aromatic N) is 5. The highest BCUT2D eigenvalue weighted by molar-refractivity contribution is 9.10. The molecule has 1 fully saturated rings. The normalized spacial score (nSPS) is 17.3. The third-order valence-corrected chi connectivity index (χ3v) is 8.79. The molecule has 2 N–H and O–H groups in total. The van der Waals surface area contributed by atoms with Crippen LogP contribution in [0.25, 0.3) is 11.3 Å². The van der Waals surface area contributed by atoms with Crippen molar-refractivity contribution in [3.8, 4) is 11.3 Å². The topological polar surface area (TPSA) is 99.0 Å². The standard InChI is InChI=1S/C30H31BrF2N6O2/c1-19(2)30(18-39-16-24(35-36-39)22-14-23(32)25(31)26(33)27(22)34)11-7-13-38(17-30)29(41)21-10-6-12-37(28(21)40)15-20-8-4-3-5-9-20/h3-6,8-10,12,14,16,19H,7,11,13,15,17-18,34H2,1-2H3. The summed E-state index contributed by atoms with van der Waals surface area (Å²) in [4.78, 5) is 28.8. The van der Waals surface area contributed by atoms with Gasteiger partial charge in [0.15, 0.2) is 5.82 Å². The lowest BCUT2D eigenvalue weighted by molar-refractivity contribution is 0.0237. The van der Waals surface area contributed by atoms with Crippen molar-refractivity contribution in [2.75, 3.05) is 18.8 Å². The lowest BCUT2D eigenvalue weighted by atomic mass is 9.71. The Labute approximate surface area is 244 Å². The lowest BCUT2D eigenvalue weighted by Gasteiger charge is -2.45. The molecule has 41 heavy (non-hydrogen) atoms. The molecule has 4 aromatic rings. The van der Waals surface area contributed by atoms with Gasteiger partial charge < -0.3 is 15.2 Å². The maximum absolute atomic E-state index is 14.4. The fraction of sp³-hybridized carbons (Fsp3) is 0.333. The highest BCUT2D eigenvalue weighted by Gasteiger charge is 2.41. The highest BCUT2D eigenvalue weighted by atomic mass is 79.9. The fourth-order valence-electron chi connectivity index (χ4n) is 5.53. The number of piperidine rings is 1. The van der Waals surface area contributed by atoms with Crippen molar-refractivity contribution >= 4 is 27.5 Å². The van der Waals surface area contributed by atoms with Crippen LogP contribution in [-0.4, -0.2) is 43.5 Å². The molecule has 0 aliphatic carbocycles. The Kier molecular flexibility index (Phi) is 8.08. The van der Waals surface area contributed by atoms with Crippen molar-refractivity contribution in [3.63, 3.8) is 0 Å². The number of rotatable bonds is 7. The van der Waals surface area contributed by atoms with Gasteiger partial charge in [0.05, 0.1) is 29.4 Å². The number of nitrogens with two attached hydrogens (primary N) is 1. The molecular weight excluding hydrogens is 594 g/mol. The van der Waals surface area contributed by atoms with Gasteiger partial charge in [-0.15, -0.1) is 5.10 Å². The molecule has 1 aliphatic rings. The van der Waals surface area contributed by atoms with Crippen LogP contribution in [0.4, 0.5) is 14.5 Å². The number of halogens is 3. The Morgan fingerprint density at radius 3 is 2.66 bits per heavy atom. The molecule has 0 radical (unpaired) electrons. The van der Waals surface area contributed by atoms with E-state index in [1.54, 1.807) is 38.7 Å². The molecule has 0 saturated carbocycles. The predicted octanol–water partition coefficient (Wildman–Crippen LogP) is 5.36. The third-order valence-electron chi connectivity index (χ3n) is 8.06. The molecule has 2 aromatic carbocycles. The molecule has 214 valence electrons. The van der Waals surface area contributed by atoms with Gasteiger partial charge in [0.2, 0.25) is 0 Å². The average Bonchev–Trinajstić information content (AvgIpc) is 3.43. The van der Waals surface area contributed by atoms with Crippen LogP contribution in [0.1, 0.15) is 42.6 Å². The van der Waals surface area contributed by atoms with Gasteiger partial charge >= 0.3 is 0 Å². The predicted molar refractivity (Wildman–Crippen MR) is 156 cm³/mol. The Hall–Kier alpha value is -3.86. The van der Waals surface area contributed by atoms with E-state index in [4.69, 9.17) is 5.73 Å². The van der Waals surface area contributed by atoms with Gasteiger partial charge in [0.25, 0.3) is 11.5 Å². The SMILES string of the molecule is CC(C)C1(Cn2cc(-c3cc(F)c(Br)c(F)c3N)nn2)CCCN(C(=O)c2cccn(Cc3ccccc3)c2=O)C1. The molecule has 11 heteroatoms. The minimum Gasteiger partial charge on any atom is -0.396 e. The fourth-order valence-corrected chi connectivity index (χ4v) is 5.86. The molecule has 1 aliphatic heterocycles. The van der Waals surface area contributed by atoms with E-state index in [1.807, 2.05) is 30.3 Å². The number of carbonyl (C=O) groups excluding carboxylic acids is 1. The molecule has 1 amide bonds. The quantitative estimate of drug-likeness (QED) is 0.221. The van der Waals surface area contributed by atoms with Crippen LogP contribution in [0.2, 0.25) is 0 Å². The van der Waals surface area contributed by atoms with E-state index in [-0.39, 0.29) is 49.8 Å². The number of pyridine rings is 1. The lowest BCUT2D eigenvalue weighted by Crippen LogP contribution is -2.51. The zero-order valence-electron chi connectivity index (χ0n) is 22.9. The van der Waals surface area contributed by atoms with Crippen molar-refractivity contribution < 1.29 is 13.6 Å². The number of nitrogen functional groups attached to an aromatic ring is 1. The molecule has 0 spiro atoms. The molecule has 2 aromatic heterocycles. The molecule has 1 atom stereocenters. The molecule has 1 unspecified atom stereocenters. The smallest absolute Gasteiger partial charge is 0.263 e. The third kappa shape index (κ3) is 5.68. The van der Waals surface area contributed by atoms with E-state index in [9.17, 15) is 18.4 Å². The van der Waals surface area contributed by atoms with Crippen LogP contribution in [0.15, 0.2) is 70.2 Å². The zero-order chi connectivity index (χ0) is 29.3. The van der Waals surface area contributed by atoms with Gasteiger partial charge in [-0.05, 0) is 58.5 Å². The van der Waals surface area contributed by atoms with Crippen molar-refractivity contribution in [1.29, 1.82) is 0 Å². The Bertz CT molecular complexity index is 1640. The maximum Gasteiger partial charge on any atom is 0.263 e. The van der Waals surface area contributed by atoms with E-state index in [1.165, 1.54) is 0 Å². The molecule has 0 bridgehead atoms. The number of amides is 1. The minimum absolute atomic E-state index is 0.115. The number of likely N-dealkylation sites (tertiary alicyclic amines) is 1. The Morgan fingerprint density at radius 1 is 1.17 bits per heavy atom. The second-order valence-corrected chi connectivity index (χ2v) is 11.7. The number of hydrogen-bond acceptors (Lipinski definition) is 5. The van der Waals surface area contributed by atoms with Gasteiger partial charge in [0.1, 0.15) is 17.1 Å². The van der Waals surface area contributed by atoms with Crippen LogP contribution in [-0.2, 0) is 13.1 Å². The summed E-state index contributed by atoms with van der Waals surface area (Å²) in [6.07, 6.45) is 4.90. The molecule has 3 heterocycles. The summed E-state index contributed by atoms with van der Waals surface area (Å²) in [5, 5.41) is 8.36. The van der Waals surface area contributed by atoms with Crippen LogP contribution in [0, 0.1) is 23.0 Å². The van der Waals surface area contributed by atoms with Gasteiger partial charge in [-0.25, -0.2) is 8.78 Å². The van der Waals surface area contributed by atoms with Crippen LogP contribution in [0.3, 0.4) is 0 Å². The van der Waals surface area contributed by atoms with Gasteiger partial charge in [-0.1, -0.05) is 49.4 Å². The van der Waals surface area contributed by atoms with Crippen LogP contribution < -0.4 is 11.3 Å². The number of anilines is 1. The van der Waals surface area contributed by atoms with Crippen molar-refractivity contribution in [3.05, 3.63) is 98.5 Å². The van der Waals surface area contributed by atoms with E-state index >= 15 is 0 Å². The minimum atomic E-state index is -0.890. The Balaban J connectivity index is 1.38. The zero-order valence-corrected chi connectivity index (χ0v) is 24.4. The second kappa shape index (κ2) is 11.6. The van der Waals surface area contributed by atoms with E-state index < -0.39 is 11.6 Å². The first-order chi connectivity index (χ1) is 19.6. The highest BCUT2D eigenvalue weighted by Crippen LogP contribution is 2.40. The number of hydrogen-bond donors (Lipinski definition) is 1. The van der Waals surface area contributed by atoms with E-state index in [0.29, 0.717) is 26.2 Å². The summed E-state index contributed by atoms with van der Waals surface area (Å²) in [6, 6.07) is 14.1. The molecule has 1 saturated heterocycles. The molecular formula is C30H31BrF2N6O2. The summed E-state index contributed by atoms with van der Waals surface area (Å²) in [6.45, 7) is 5.96. The van der Waals surface area contributed by atoms with Crippen LogP contribution >= 0.6 is 15.9 Å². The summed E-state index contributed by atoms with van der Waals surface area (Å²) in [7, 11) is 0. The van der Waals surface area contributed by atoms with Crippen molar-refractivity contribution in [1.82, 2.24) is 24.5 Å². The average molecular weight is 626 g/mol. The van der Waals surface area contributed by atoms with Gasteiger partial charge in [0, 0.05) is 30.3 Å². The first kappa shape index (κ1) is 28.7. The first-order valence-corrected chi connectivity index (χ1v) is 14.2. The number of benzene rings is 2. The summed E-state index contributed by atoms with van der Waals surface area (Å²) < 4.78 is 31.4. The summed E-state index contributed by atoms with van der Waals surface area (Å²) in [5.74, 6) is -1.82. The maximum atomic E-state index is 14.4. The number of aromatic nitrogens is 4. The van der Waals surface area contributed by atoms with Crippen LogP contribution in [0.5, 0.6) is 0 Å². The Morgan fingerprint density at radius 2 is 1.93 bits per heavy atom. The summed E-state index contributed by atoms with van der Waals surface area (Å²) in [5.41, 5.74) is 6.47. The van der Waals surface area contributed by atoms with Crippen molar-refractivity contribution in [2.24, 2.45) is 11.3 Å². The van der Waals surface area contributed by atoms with Gasteiger partial charge in [-0.2, -0.15) is 0 Å². The molecule has 5 rings (SSSR count). The number of carbonyl (C=O) groups is 1. The first-order valence-electron chi connectivity index (χ1n) is 13.5.